The molecule has 1 aromatic heterocycles. The van der Waals surface area contributed by atoms with Gasteiger partial charge in [0.25, 0.3) is 5.91 Å². The van der Waals surface area contributed by atoms with Gasteiger partial charge in [-0.05, 0) is 54.8 Å². The van der Waals surface area contributed by atoms with Crippen LogP contribution in [0.15, 0.2) is 60.7 Å². The first-order valence-corrected chi connectivity index (χ1v) is 10.0. The van der Waals surface area contributed by atoms with E-state index in [-0.39, 0.29) is 6.61 Å². The monoisotopic (exact) mass is 419 g/mol. The maximum atomic E-state index is 11.2. The number of ether oxygens (including phenoxy) is 1. The largest absolute Gasteiger partial charge is 0.483 e. The smallest absolute Gasteiger partial charge is 0.255 e. The summed E-state index contributed by atoms with van der Waals surface area (Å²) in [5.41, 5.74) is 11.3. The zero-order chi connectivity index (χ0) is 21.3. The highest BCUT2D eigenvalue weighted by molar-refractivity contribution is 6.35. The van der Waals surface area contributed by atoms with Gasteiger partial charge in [-0.1, -0.05) is 48.0 Å². The van der Waals surface area contributed by atoms with Crippen LogP contribution >= 0.6 is 11.6 Å². The number of aryl methyl sites for hydroxylation is 2. The van der Waals surface area contributed by atoms with Crippen molar-refractivity contribution >= 4 is 28.5 Å². The summed E-state index contributed by atoms with van der Waals surface area (Å²) in [6.07, 6.45) is 0. The quantitative estimate of drug-likeness (QED) is 0.484. The van der Waals surface area contributed by atoms with E-state index in [9.17, 15) is 4.79 Å². The lowest BCUT2D eigenvalue weighted by Gasteiger charge is -2.16. The number of imidazole rings is 1. The number of nitrogens with zero attached hydrogens (tertiary/aromatic N) is 2. The predicted molar refractivity (Wildman–Crippen MR) is 120 cm³/mol. The molecule has 3 aromatic carbocycles. The van der Waals surface area contributed by atoms with Gasteiger partial charge in [0.2, 0.25) is 0 Å². The third kappa shape index (κ3) is 3.76. The number of fused-ring (bicyclic) bond motifs is 1. The summed E-state index contributed by atoms with van der Waals surface area (Å²) in [5.74, 6) is 0.739. The number of halogens is 1. The minimum absolute atomic E-state index is 0.200. The van der Waals surface area contributed by atoms with Gasteiger partial charge in [0.1, 0.15) is 11.6 Å². The highest BCUT2D eigenvalue weighted by atomic mass is 35.5. The van der Waals surface area contributed by atoms with Crippen molar-refractivity contribution in [2.24, 2.45) is 5.73 Å². The molecule has 1 heterocycles. The molecule has 0 fully saturated rings. The van der Waals surface area contributed by atoms with E-state index in [1.807, 2.05) is 42.5 Å². The van der Waals surface area contributed by atoms with Gasteiger partial charge in [0.05, 0.1) is 28.2 Å². The first-order chi connectivity index (χ1) is 14.5. The van der Waals surface area contributed by atoms with Crippen molar-refractivity contribution in [2.45, 2.75) is 20.4 Å². The van der Waals surface area contributed by atoms with Crippen LogP contribution < -0.4 is 10.5 Å². The molecular formula is C24H22ClN3O2. The zero-order valence-electron chi connectivity index (χ0n) is 16.9. The Labute approximate surface area is 180 Å². The molecule has 30 heavy (non-hydrogen) atoms. The molecule has 0 aliphatic carbocycles. The molecule has 0 saturated carbocycles. The van der Waals surface area contributed by atoms with Crippen molar-refractivity contribution in [1.82, 2.24) is 9.55 Å². The minimum atomic E-state index is -0.531. The molecule has 4 aromatic rings. The van der Waals surface area contributed by atoms with Crippen LogP contribution in [0.4, 0.5) is 0 Å². The van der Waals surface area contributed by atoms with Crippen LogP contribution in [0.25, 0.3) is 22.4 Å². The molecule has 4 rings (SSSR count). The number of primary amides is 1. The predicted octanol–water partition coefficient (Wildman–Crippen LogP) is 4.89. The van der Waals surface area contributed by atoms with Gasteiger partial charge < -0.3 is 15.0 Å². The molecule has 0 atom stereocenters. The molecule has 0 radical (unpaired) electrons. The topological polar surface area (TPSA) is 70.1 Å². The molecule has 6 heteroatoms. The molecule has 0 aliphatic heterocycles. The maximum Gasteiger partial charge on any atom is 0.255 e. The number of nitrogens with two attached hydrogens (primary N) is 1. The van der Waals surface area contributed by atoms with Gasteiger partial charge in [0, 0.05) is 0 Å². The normalized spacial score (nSPS) is 11.0. The summed E-state index contributed by atoms with van der Waals surface area (Å²) in [7, 11) is 0. The molecule has 152 valence electrons. The third-order valence-corrected chi connectivity index (χ3v) is 5.48. The number of hydrogen-bond donors (Lipinski definition) is 1. The van der Waals surface area contributed by atoms with Crippen LogP contribution in [0.3, 0.4) is 0 Å². The number of amides is 1. The van der Waals surface area contributed by atoms with E-state index < -0.39 is 5.91 Å². The Morgan fingerprint density at radius 2 is 1.73 bits per heavy atom. The first-order valence-electron chi connectivity index (χ1n) is 9.66. The number of carbonyl (C=O) groups is 1. The van der Waals surface area contributed by atoms with Gasteiger partial charge in [-0.25, -0.2) is 4.98 Å². The van der Waals surface area contributed by atoms with E-state index in [1.165, 1.54) is 16.7 Å². The number of carbonyl (C=O) groups excluding carboxylic acids is 1. The van der Waals surface area contributed by atoms with Crippen molar-refractivity contribution in [3.8, 4) is 17.1 Å². The lowest BCUT2D eigenvalue weighted by Crippen LogP contribution is -2.20. The Morgan fingerprint density at radius 3 is 2.47 bits per heavy atom. The fraction of sp³-hybridized carbons (Fsp3) is 0.167. The molecule has 0 spiro atoms. The standard InChI is InChI=1S/C24H22ClN3O2/c1-15-7-5-8-16(2)18(15)13-28-23-19(25)10-6-11-20(23)27-24(28)17-9-3-4-12-21(17)30-14-22(26)29/h3-12H,13-14H2,1-2H3,(H2,26,29). The van der Waals surface area contributed by atoms with Gasteiger partial charge in [-0.3, -0.25) is 4.79 Å². The second-order valence-corrected chi connectivity index (χ2v) is 7.66. The molecule has 0 unspecified atom stereocenters. The summed E-state index contributed by atoms with van der Waals surface area (Å²) in [5, 5.41) is 0.632. The number of hydrogen-bond acceptors (Lipinski definition) is 3. The van der Waals surface area contributed by atoms with Crippen molar-refractivity contribution < 1.29 is 9.53 Å². The summed E-state index contributed by atoms with van der Waals surface area (Å²) in [4.78, 5) is 16.1. The van der Waals surface area contributed by atoms with Crippen molar-refractivity contribution in [1.29, 1.82) is 0 Å². The average Bonchev–Trinajstić information content (AvgIpc) is 3.09. The summed E-state index contributed by atoms with van der Waals surface area (Å²) in [6, 6.07) is 19.5. The average molecular weight is 420 g/mol. The van der Waals surface area contributed by atoms with Crippen LogP contribution in [0.2, 0.25) is 5.02 Å². The Bertz CT molecular complexity index is 1230. The lowest BCUT2D eigenvalue weighted by molar-refractivity contribution is -0.119. The second-order valence-electron chi connectivity index (χ2n) is 7.25. The highest BCUT2D eigenvalue weighted by Gasteiger charge is 2.19. The molecule has 5 nitrogen and oxygen atoms in total. The van der Waals surface area contributed by atoms with Gasteiger partial charge in [0.15, 0.2) is 6.61 Å². The Morgan fingerprint density at radius 1 is 1.03 bits per heavy atom. The lowest BCUT2D eigenvalue weighted by atomic mass is 10.0. The van der Waals surface area contributed by atoms with Gasteiger partial charge in [-0.15, -0.1) is 0 Å². The number of rotatable bonds is 6. The molecule has 2 N–H and O–H groups in total. The van der Waals surface area contributed by atoms with E-state index in [2.05, 4.69) is 36.6 Å². The Hall–Kier alpha value is -3.31. The molecule has 0 aliphatic rings. The Balaban J connectivity index is 1.93. The molecule has 0 bridgehead atoms. The number of benzene rings is 3. The fourth-order valence-electron chi connectivity index (χ4n) is 3.68. The SMILES string of the molecule is Cc1cccc(C)c1Cn1c(-c2ccccc2OCC(N)=O)nc2cccc(Cl)c21. The van der Waals surface area contributed by atoms with E-state index in [0.29, 0.717) is 17.3 Å². The van der Waals surface area contributed by atoms with Crippen molar-refractivity contribution in [3.05, 3.63) is 82.4 Å². The molecule has 1 amide bonds. The van der Waals surface area contributed by atoms with Gasteiger partial charge >= 0.3 is 0 Å². The van der Waals surface area contributed by atoms with Crippen molar-refractivity contribution in [3.63, 3.8) is 0 Å². The second kappa shape index (κ2) is 8.20. The summed E-state index contributed by atoms with van der Waals surface area (Å²) in [6.45, 7) is 4.62. The zero-order valence-corrected chi connectivity index (χ0v) is 17.6. The van der Waals surface area contributed by atoms with Crippen LogP contribution in [0, 0.1) is 13.8 Å². The van der Waals surface area contributed by atoms with Crippen LogP contribution in [-0.2, 0) is 11.3 Å². The van der Waals surface area contributed by atoms with E-state index in [0.717, 1.165) is 22.4 Å². The number of aromatic nitrogens is 2. The highest BCUT2D eigenvalue weighted by Crippen LogP contribution is 2.35. The third-order valence-electron chi connectivity index (χ3n) is 5.18. The van der Waals surface area contributed by atoms with E-state index in [1.54, 1.807) is 0 Å². The summed E-state index contributed by atoms with van der Waals surface area (Å²) < 4.78 is 7.78. The van der Waals surface area contributed by atoms with Crippen LogP contribution in [0.1, 0.15) is 16.7 Å². The van der Waals surface area contributed by atoms with E-state index >= 15 is 0 Å². The summed E-state index contributed by atoms with van der Waals surface area (Å²) >= 11 is 6.60. The first kappa shape index (κ1) is 20.0. The molecular weight excluding hydrogens is 398 g/mol. The minimum Gasteiger partial charge on any atom is -0.483 e. The Kier molecular flexibility index (Phi) is 5.46. The molecule has 0 saturated heterocycles. The maximum absolute atomic E-state index is 11.2. The van der Waals surface area contributed by atoms with Crippen LogP contribution in [-0.4, -0.2) is 22.1 Å². The number of para-hydroxylation sites is 2. The van der Waals surface area contributed by atoms with E-state index in [4.69, 9.17) is 27.1 Å². The van der Waals surface area contributed by atoms with Gasteiger partial charge in [-0.2, -0.15) is 0 Å². The van der Waals surface area contributed by atoms with Crippen molar-refractivity contribution in [2.75, 3.05) is 6.61 Å². The fourth-order valence-corrected chi connectivity index (χ4v) is 3.96. The van der Waals surface area contributed by atoms with Crippen LogP contribution in [0.5, 0.6) is 5.75 Å².